The second kappa shape index (κ2) is 11.3. The van der Waals surface area contributed by atoms with Crippen molar-refractivity contribution >= 4 is 29.5 Å². The first-order valence-corrected chi connectivity index (χ1v) is 10.7. The Kier molecular flexibility index (Phi) is 8.20. The average molecular weight is 426 g/mol. The number of nitrogens with zero attached hydrogens (tertiary/aromatic N) is 1. The number of ether oxygens (including phenoxy) is 2. The molecule has 1 fully saturated rings. The molecular formula is C23H27N3O3S. The quantitative estimate of drug-likeness (QED) is 0.225. The zero-order valence-corrected chi connectivity index (χ0v) is 17.9. The summed E-state index contributed by atoms with van der Waals surface area (Å²) in [6.07, 6.45) is 7.73. The first-order valence-electron chi connectivity index (χ1n) is 10.3. The van der Waals surface area contributed by atoms with Gasteiger partial charge in [0.15, 0.2) is 16.6 Å². The van der Waals surface area contributed by atoms with Crippen LogP contribution in [0.1, 0.15) is 54.9 Å². The van der Waals surface area contributed by atoms with E-state index in [9.17, 15) is 4.79 Å². The van der Waals surface area contributed by atoms with E-state index in [1.54, 1.807) is 48.7 Å². The van der Waals surface area contributed by atoms with Gasteiger partial charge >= 0.3 is 5.97 Å². The van der Waals surface area contributed by atoms with E-state index in [4.69, 9.17) is 21.7 Å². The minimum atomic E-state index is -0.432. The molecule has 3 rings (SSSR count). The monoisotopic (exact) mass is 425 g/mol. The van der Waals surface area contributed by atoms with Gasteiger partial charge in [-0.2, -0.15) is 5.10 Å². The smallest absolute Gasteiger partial charge is 0.343 e. The van der Waals surface area contributed by atoms with E-state index in [1.807, 2.05) is 13.0 Å². The third-order valence-electron chi connectivity index (χ3n) is 4.80. The molecule has 0 aliphatic heterocycles. The Morgan fingerprint density at radius 2 is 1.90 bits per heavy atom. The number of rotatable bonds is 7. The molecule has 0 radical (unpaired) electrons. The predicted molar refractivity (Wildman–Crippen MR) is 122 cm³/mol. The summed E-state index contributed by atoms with van der Waals surface area (Å²) in [4.78, 5) is 12.3. The minimum Gasteiger partial charge on any atom is -0.490 e. The fraction of sp³-hybridized carbons (Fsp3) is 0.348. The van der Waals surface area contributed by atoms with Crippen molar-refractivity contribution in [1.82, 2.24) is 10.7 Å². The van der Waals surface area contributed by atoms with Crippen molar-refractivity contribution in [2.75, 3.05) is 6.61 Å². The molecule has 6 nitrogen and oxygen atoms in total. The summed E-state index contributed by atoms with van der Waals surface area (Å²) in [5.74, 6) is 0.415. The van der Waals surface area contributed by atoms with E-state index in [0.29, 0.717) is 34.8 Å². The Morgan fingerprint density at radius 1 is 1.13 bits per heavy atom. The second-order valence-corrected chi connectivity index (χ2v) is 7.48. The van der Waals surface area contributed by atoms with Crippen molar-refractivity contribution in [1.29, 1.82) is 0 Å². The SMILES string of the molecule is CCOc1cc(C=NNC(=S)NC2CCCCC2)ccc1OC(=O)c1ccccc1. The molecule has 0 saturated heterocycles. The maximum absolute atomic E-state index is 12.3. The molecule has 30 heavy (non-hydrogen) atoms. The molecule has 0 heterocycles. The lowest BCUT2D eigenvalue weighted by Gasteiger charge is -2.23. The van der Waals surface area contributed by atoms with Crippen LogP contribution in [0.2, 0.25) is 0 Å². The molecule has 158 valence electrons. The van der Waals surface area contributed by atoms with Gasteiger partial charge in [0.05, 0.1) is 18.4 Å². The molecule has 0 spiro atoms. The lowest BCUT2D eigenvalue weighted by Crippen LogP contribution is -2.40. The highest BCUT2D eigenvalue weighted by Gasteiger charge is 2.14. The first-order chi connectivity index (χ1) is 14.7. The van der Waals surface area contributed by atoms with Crippen molar-refractivity contribution in [2.24, 2.45) is 5.10 Å². The van der Waals surface area contributed by atoms with Gasteiger partial charge in [-0.05, 0) is 67.9 Å². The first kappa shape index (κ1) is 21.8. The number of thiocarbonyl (C=S) groups is 1. The van der Waals surface area contributed by atoms with Crippen LogP contribution in [0.15, 0.2) is 53.6 Å². The lowest BCUT2D eigenvalue weighted by molar-refractivity contribution is 0.0728. The molecule has 0 bridgehead atoms. The molecule has 7 heteroatoms. The standard InChI is InChI=1S/C23H27N3O3S/c1-2-28-21-15-17(16-24-26-23(30)25-19-11-7-4-8-12-19)13-14-20(21)29-22(27)18-9-5-3-6-10-18/h3,5-6,9-10,13-16,19H,2,4,7-8,11-12H2,1H3,(H2,25,26,30). The number of esters is 1. The summed E-state index contributed by atoms with van der Waals surface area (Å²) in [7, 11) is 0. The Morgan fingerprint density at radius 3 is 2.63 bits per heavy atom. The van der Waals surface area contributed by atoms with Crippen molar-refractivity contribution < 1.29 is 14.3 Å². The number of benzene rings is 2. The highest BCUT2D eigenvalue weighted by atomic mass is 32.1. The van der Waals surface area contributed by atoms with Crippen LogP contribution < -0.4 is 20.2 Å². The third-order valence-corrected chi connectivity index (χ3v) is 5.01. The third kappa shape index (κ3) is 6.56. The number of hydrazone groups is 1. The van der Waals surface area contributed by atoms with Crippen LogP contribution in [-0.4, -0.2) is 29.9 Å². The zero-order chi connectivity index (χ0) is 21.2. The van der Waals surface area contributed by atoms with Gasteiger partial charge in [-0.25, -0.2) is 4.79 Å². The molecule has 2 aromatic rings. The van der Waals surface area contributed by atoms with E-state index in [-0.39, 0.29) is 0 Å². The van der Waals surface area contributed by atoms with E-state index in [0.717, 1.165) is 18.4 Å². The average Bonchev–Trinajstić information content (AvgIpc) is 2.77. The topological polar surface area (TPSA) is 71.9 Å². The van der Waals surface area contributed by atoms with Crippen LogP contribution in [0.3, 0.4) is 0 Å². The van der Waals surface area contributed by atoms with Gasteiger partial charge in [-0.3, -0.25) is 5.43 Å². The molecule has 2 aromatic carbocycles. The van der Waals surface area contributed by atoms with Crippen LogP contribution >= 0.6 is 12.2 Å². The van der Waals surface area contributed by atoms with Crippen molar-refractivity contribution in [3.8, 4) is 11.5 Å². The Labute approximate surface area is 182 Å². The van der Waals surface area contributed by atoms with Crippen LogP contribution in [0, 0.1) is 0 Å². The Balaban J connectivity index is 1.60. The van der Waals surface area contributed by atoms with Crippen LogP contribution in [0.4, 0.5) is 0 Å². The van der Waals surface area contributed by atoms with E-state index < -0.39 is 5.97 Å². The van der Waals surface area contributed by atoms with Crippen LogP contribution in [0.25, 0.3) is 0 Å². The van der Waals surface area contributed by atoms with Crippen molar-refractivity contribution in [3.63, 3.8) is 0 Å². The maximum atomic E-state index is 12.3. The molecule has 1 aliphatic rings. The summed E-state index contributed by atoms with van der Waals surface area (Å²) >= 11 is 5.31. The minimum absolute atomic E-state index is 0.366. The molecule has 0 unspecified atom stereocenters. The predicted octanol–water partition coefficient (Wildman–Crippen LogP) is 4.44. The highest BCUT2D eigenvalue weighted by molar-refractivity contribution is 7.80. The number of carbonyl (C=O) groups excluding carboxylic acids is 1. The fourth-order valence-electron chi connectivity index (χ4n) is 3.32. The van der Waals surface area contributed by atoms with Crippen LogP contribution in [-0.2, 0) is 0 Å². The number of carbonyl (C=O) groups is 1. The summed E-state index contributed by atoms with van der Waals surface area (Å²) < 4.78 is 11.2. The van der Waals surface area contributed by atoms with Crippen LogP contribution in [0.5, 0.6) is 11.5 Å². The summed E-state index contributed by atoms with van der Waals surface area (Å²) in [6, 6.07) is 14.6. The molecular weight excluding hydrogens is 398 g/mol. The molecule has 0 atom stereocenters. The molecule has 0 amide bonds. The van der Waals surface area contributed by atoms with Gasteiger partial charge in [0.25, 0.3) is 0 Å². The number of hydrogen-bond acceptors (Lipinski definition) is 5. The Bertz CT molecular complexity index is 881. The van der Waals surface area contributed by atoms with E-state index in [2.05, 4.69) is 15.8 Å². The summed E-state index contributed by atoms with van der Waals surface area (Å²) in [5.41, 5.74) is 4.14. The van der Waals surface area contributed by atoms with Gasteiger partial charge in [-0.1, -0.05) is 37.5 Å². The number of nitrogens with one attached hydrogen (secondary N) is 2. The molecule has 0 aromatic heterocycles. The molecule has 2 N–H and O–H groups in total. The van der Waals surface area contributed by atoms with Gasteiger partial charge in [0.1, 0.15) is 0 Å². The summed E-state index contributed by atoms with van der Waals surface area (Å²) in [5, 5.41) is 8.04. The fourth-order valence-corrected chi connectivity index (χ4v) is 3.54. The second-order valence-electron chi connectivity index (χ2n) is 7.07. The molecule has 1 saturated carbocycles. The van der Waals surface area contributed by atoms with Crippen molar-refractivity contribution in [3.05, 3.63) is 59.7 Å². The van der Waals surface area contributed by atoms with Gasteiger partial charge in [0, 0.05) is 6.04 Å². The van der Waals surface area contributed by atoms with Crippen molar-refractivity contribution in [2.45, 2.75) is 45.1 Å². The highest BCUT2D eigenvalue weighted by Crippen LogP contribution is 2.29. The lowest BCUT2D eigenvalue weighted by atomic mass is 9.96. The van der Waals surface area contributed by atoms with E-state index in [1.165, 1.54) is 19.3 Å². The number of hydrogen-bond donors (Lipinski definition) is 2. The molecule has 1 aliphatic carbocycles. The van der Waals surface area contributed by atoms with Gasteiger partial charge in [-0.15, -0.1) is 0 Å². The van der Waals surface area contributed by atoms with Gasteiger partial charge in [0.2, 0.25) is 0 Å². The summed E-state index contributed by atoms with van der Waals surface area (Å²) in [6.45, 7) is 2.32. The van der Waals surface area contributed by atoms with E-state index >= 15 is 0 Å². The zero-order valence-electron chi connectivity index (χ0n) is 17.1. The van der Waals surface area contributed by atoms with Gasteiger partial charge < -0.3 is 14.8 Å². The Hall–Kier alpha value is -2.93. The largest absolute Gasteiger partial charge is 0.490 e. The maximum Gasteiger partial charge on any atom is 0.343 e. The normalized spacial score (nSPS) is 14.3.